The second-order valence-corrected chi connectivity index (χ2v) is 7.21. The molecule has 0 spiro atoms. The lowest BCUT2D eigenvalue weighted by Crippen LogP contribution is -2.40. The Morgan fingerprint density at radius 3 is 2.85 bits per heavy atom. The average molecular weight is 357 g/mol. The lowest BCUT2D eigenvalue weighted by atomic mass is 9.88. The Morgan fingerprint density at radius 2 is 2.12 bits per heavy atom. The molecule has 0 amide bonds. The number of hydrogen-bond acceptors (Lipinski definition) is 5. The molecule has 4 rings (SSSR count). The van der Waals surface area contributed by atoms with E-state index >= 15 is 0 Å². The van der Waals surface area contributed by atoms with Gasteiger partial charge in [0.25, 0.3) is 0 Å². The fraction of sp³-hybridized carbons (Fsp3) is 0.600. The number of fused-ring (bicyclic) bond motifs is 3. The summed E-state index contributed by atoms with van der Waals surface area (Å²) >= 11 is 0. The highest BCUT2D eigenvalue weighted by atomic mass is 16.5. The Labute approximate surface area is 153 Å². The molecule has 26 heavy (non-hydrogen) atoms. The topological polar surface area (TPSA) is 67.5 Å². The molecule has 1 unspecified atom stereocenters. The van der Waals surface area contributed by atoms with E-state index in [1.165, 1.54) is 23.1 Å². The maximum absolute atomic E-state index is 12.4. The second-order valence-electron chi connectivity index (χ2n) is 7.21. The standard InChI is InChI=1S/C20H27N3O3/c1-4-26-20(24)18-12(2)16-17-14(22-19(16)13(3)21-18)6-5-7-15(17)23-8-10-25-11-9-23/h15,22H,4-11H2,1-3H3. The van der Waals surface area contributed by atoms with Crippen molar-refractivity contribution in [2.45, 2.75) is 46.1 Å². The molecule has 1 N–H and O–H groups in total. The van der Waals surface area contributed by atoms with Gasteiger partial charge in [-0.3, -0.25) is 4.90 Å². The van der Waals surface area contributed by atoms with Crippen LogP contribution in [0.2, 0.25) is 0 Å². The molecule has 1 aliphatic carbocycles. The van der Waals surface area contributed by atoms with Crippen LogP contribution in [0.15, 0.2) is 0 Å². The van der Waals surface area contributed by atoms with Gasteiger partial charge in [-0.25, -0.2) is 9.78 Å². The molecule has 1 fully saturated rings. The summed E-state index contributed by atoms with van der Waals surface area (Å²) in [6.45, 7) is 9.67. The minimum atomic E-state index is -0.330. The minimum Gasteiger partial charge on any atom is -0.461 e. The number of ether oxygens (including phenoxy) is 2. The van der Waals surface area contributed by atoms with E-state index in [0.29, 0.717) is 18.3 Å². The molecule has 1 saturated heterocycles. The molecule has 2 aliphatic rings. The van der Waals surface area contributed by atoms with Gasteiger partial charge in [-0.2, -0.15) is 0 Å². The van der Waals surface area contributed by atoms with Crippen LogP contribution in [-0.4, -0.2) is 53.7 Å². The molecule has 3 heterocycles. The van der Waals surface area contributed by atoms with Crippen molar-refractivity contribution < 1.29 is 14.3 Å². The quantitative estimate of drug-likeness (QED) is 0.855. The summed E-state index contributed by atoms with van der Waals surface area (Å²) in [6.07, 6.45) is 3.38. The molecular formula is C20H27N3O3. The predicted molar refractivity (Wildman–Crippen MR) is 99.6 cm³/mol. The Bertz CT molecular complexity index is 837. The molecule has 6 nitrogen and oxygen atoms in total. The van der Waals surface area contributed by atoms with Crippen molar-refractivity contribution in [3.8, 4) is 0 Å². The number of carbonyl (C=O) groups excluding carboxylic acids is 1. The van der Waals surface area contributed by atoms with Crippen LogP contribution < -0.4 is 0 Å². The third-order valence-electron chi connectivity index (χ3n) is 5.68. The van der Waals surface area contributed by atoms with Crippen molar-refractivity contribution in [1.82, 2.24) is 14.9 Å². The molecule has 0 aromatic carbocycles. The number of aromatic nitrogens is 2. The number of morpholine rings is 1. The monoisotopic (exact) mass is 357 g/mol. The van der Waals surface area contributed by atoms with Gasteiger partial charge in [-0.15, -0.1) is 0 Å². The molecule has 0 radical (unpaired) electrons. The molecule has 0 bridgehead atoms. The van der Waals surface area contributed by atoms with Gasteiger partial charge < -0.3 is 14.5 Å². The summed E-state index contributed by atoms with van der Waals surface area (Å²) in [5, 5.41) is 1.17. The number of nitrogens with zero attached hydrogens (tertiary/aromatic N) is 2. The zero-order valence-corrected chi connectivity index (χ0v) is 15.9. The lowest BCUT2D eigenvalue weighted by molar-refractivity contribution is 0.0127. The first-order valence-electron chi connectivity index (χ1n) is 9.62. The Kier molecular flexibility index (Phi) is 4.71. The minimum absolute atomic E-state index is 0.330. The maximum atomic E-state index is 12.4. The first-order valence-corrected chi connectivity index (χ1v) is 9.62. The first kappa shape index (κ1) is 17.5. The van der Waals surface area contributed by atoms with Crippen LogP contribution in [0.5, 0.6) is 0 Å². The van der Waals surface area contributed by atoms with E-state index in [0.717, 1.165) is 55.9 Å². The zero-order valence-electron chi connectivity index (χ0n) is 15.9. The van der Waals surface area contributed by atoms with Crippen LogP contribution in [-0.2, 0) is 15.9 Å². The van der Waals surface area contributed by atoms with Crippen LogP contribution in [0.3, 0.4) is 0 Å². The Balaban J connectivity index is 1.88. The molecule has 2 aromatic heterocycles. The Hall–Kier alpha value is -1.92. The predicted octanol–water partition coefficient (Wildman–Crippen LogP) is 3.07. The summed E-state index contributed by atoms with van der Waals surface area (Å²) in [4.78, 5) is 23.1. The maximum Gasteiger partial charge on any atom is 0.357 e. The van der Waals surface area contributed by atoms with Gasteiger partial charge >= 0.3 is 5.97 Å². The van der Waals surface area contributed by atoms with Gasteiger partial charge in [-0.1, -0.05) is 0 Å². The highest BCUT2D eigenvalue weighted by molar-refractivity contribution is 5.98. The smallest absolute Gasteiger partial charge is 0.357 e. The van der Waals surface area contributed by atoms with Crippen LogP contribution in [0.1, 0.15) is 58.8 Å². The van der Waals surface area contributed by atoms with Crippen LogP contribution >= 0.6 is 0 Å². The summed E-state index contributed by atoms with van der Waals surface area (Å²) in [5.41, 5.74) is 5.98. The summed E-state index contributed by atoms with van der Waals surface area (Å²) in [5.74, 6) is -0.330. The number of carbonyl (C=O) groups is 1. The number of hydrogen-bond donors (Lipinski definition) is 1. The summed E-state index contributed by atoms with van der Waals surface area (Å²) in [7, 11) is 0. The average Bonchev–Trinajstić information content (AvgIpc) is 3.06. The van der Waals surface area contributed by atoms with E-state index in [4.69, 9.17) is 9.47 Å². The number of nitrogens with one attached hydrogen (secondary N) is 1. The second kappa shape index (κ2) is 7.00. The summed E-state index contributed by atoms with van der Waals surface area (Å²) in [6, 6.07) is 0.381. The third kappa shape index (κ3) is 2.81. The van der Waals surface area contributed by atoms with Crippen LogP contribution in [0.25, 0.3) is 10.9 Å². The lowest BCUT2D eigenvalue weighted by Gasteiger charge is -2.37. The highest BCUT2D eigenvalue weighted by Crippen LogP contribution is 2.41. The number of H-pyrrole nitrogens is 1. The van der Waals surface area contributed by atoms with Crippen LogP contribution in [0.4, 0.5) is 0 Å². The van der Waals surface area contributed by atoms with Gasteiger partial charge in [0, 0.05) is 30.2 Å². The number of rotatable bonds is 3. The molecule has 0 saturated carbocycles. The normalized spacial score (nSPS) is 21.0. The van der Waals surface area contributed by atoms with Crippen molar-refractivity contribution in [2.75, 3.05) is 32.9 Å². The van der Waals surface area contributed by atoms with E-state index in [1.54, 1.807) is 0 Å². The van der Waals surface area contributed by atoms with E-state index < -0.39 is 0 Å². The van der Waals surface area contributed by atoms with Crippen molar-refractivity contribution in [3.63, 3.8) is 0 Å². The van der Waals surface area contributed by atoms with Gasteiger partial charge in [-0.05, 0) is 51.2 Å². The van der Waals surface area contributed by atoms with Crippen molar-refractivity contribution in [1.29, 1.82) is 0 Å². The Morgan fingerprint density at radius 1 is 1.35 bits per heavy atom. The number of pyridine rings is 1. The molecule has 2 aromatic rings. The molecular weight excluding hydrogens is 330 g/mol. The number of aryl methyl sites for hydroxylation is 3. The van der Waals surface area contributed by atoms with Gasteiger partial charge in [0.1, 0.15) is 0 Å². The SMILES string of the molecule is CCOC(=O)c1nc(C)c2[nH]c3c(c2c1C)C(N1CCOCC1)CCC3. The summed E-state index contributed by atoms with van der Waals surface area (Å²) < 4.78 is 10.8. The van der Waals surface area contributed by atoms with Gasteiger partial charge in [0.05, 0.1) is 31.0 Å². The molecule has 140 valence electrons. The van der Waals surface area contributed by atoms with Crippen molar-refractivity contribution in [3.05, 3.63) is 28.2 Å². The number of aromatic amines is 1. The zero-order chi connectivity index (χ0) is 18.3. The van der Waals surface area contributed by atoms with Crippen molar-refractivity contribution >= 4 is 16.9 Å². The first-order chi connectivity index (χ1) is 12.6. The van der Waals surface area contributed by atoms with E-state index in [1.807, 2.05) is 20.8 Å². The van der Waals surface area contributed by atoms with Crippen LogP contribution in [0, 0.1) is 13.8 Å². The molecule has 1 atom stereocenters. The molecule has 6 heteroatoms. The largest absolute Gasteiger partial charge is 0.461 e. The fourth-order valence-corrected chi connectivity index (χ4v) is 4.49. The van der Waals surface area contributed by atoms with Gasteiger partial charge in [0.15, 0.2) is 5.69 Å². The number of esters is 1. The van der Waals surface area contributed by atoms with E-state index in [-0.39, 0.29) is 5.97 Å². The van der Waals surface area contributed by atoms with Gasteiger partial charge in [0.2, 0.25) is 0 Å². The fourth-order valence-electron chi connectivity index (χ4n) is 4.49. The van der Waals surface area contributed by atoms with E-state index in [2.05, 4.69) is 14.9 Å². The van der Waals surface area contributed by atoms with Crippen molar-refractivity contribution in [2.24, 2.45) is 0 Å². The highest BCUT2D eigenvalue weighted by Gasteiger charge is 2.32. The molecule has 1 aliphatic heterocycles. The van der Waals surface area contributed by atoms with E-state index in [9.17, 15) is 4.79 Å². The third-order valence-corrected chi connectivity index (χ3v) is 5.68.